The molecule has 1 aromatic heterocycles. The zero-order chi connectivity index (χ0) is 40.3. The highest BCUT2D eigenvalue weighted by molar-refractivity contribution is 6.33. The molecular formula is C42H47ClN10O5. The Balaban J connectivity index is 0.804. The lowest BCUT2D eigenvalue weighted by atomic mass is 10.0. The van der Waals surface area contributed by atoms with Gasteiger partial charge in [0.05, 0.1) is 31.2 Å². The van der Waals surface area contributed by atoms with E-state index >= 15 is 0 Å². The van der Waals surface area contributed by atoms with E-state index in [0.29, 0.717) is 70.7 Å². The minimum absolute atomic E-state index is 0.0732. The lowest BCUT2D eigenvalue weighted by molar-refractivity contribution is -0.134. The number of halogens is 1. The summed E-state index contributed by atoms with van der Waals surface area (Å²) in [6.45, 7) is 8.46. The van der Waals surface area contributed by atoms with Crippen LogP contribution >= 0.6 is 11.6 Å². The fraction of sp³-hybridized carbons (Fsp3) is 0.381. The molecule has 4 aromatic rings. The van der Waals surface area contributed by atoms with Crippen LogP contribution < -0.4 is 35.8 Å². The van der Waals surface area contributed by atoms with Crippen LogP contribution in [0.5, 0.6) is 5.75 Å². The lowest BCUT2D eigenvalue weighted by Gasteiger charge is -2.36. The molecule has 15 nitrogen and oxygen atoms in total. The van der Waals surface area contributed by atoms with Gasteiger partial charge < -0.3 is 35.4 Å². The fourth-order valence-electron chi connectivity index (χ4n) is 8.31. The van der Waals surface area contributed by atoms with Crippen LogP contribution in [0.1, 0.15) is 30.1 Å². The van der Waals surface area contributed by atoms with Gasteiger partial charge in [0.15, 0.2) is 11.6 Å². The third-order valence-corrected chi connectivity index (χ3v) is 11.8. The largest absolute Gasteiger partial charge is 0.494 e. The number of nitrogens with one attached hydrogen (secondary N) is 4. The van der Waals surface area contributed by atoms with Gasteiger partial charge in [-0.3, -0.25) is 29.4 Å². The van der Waals surface area contributed by atoms with E-state index in [0.717, 1.165) is 69.4 Å². The molecule has 4 fully saturated rings. The second-order valence-electron chi connectivity index (χ2n) is 15.3. The maximum Gasteiger partial charge on any atom is 0.249 e. The molecule has 4 saturated heterocycles. The molecule has 0 spiro atoms. The highest BCUT2D eigenvalue weighted by Gasteiger charge is 2.42. The molecule has 8 rings (SSSR count). The second-order valence-corrected chi connectivity index (χ2v) is 15.7. The van der Waals surface area contributed by atoms with E-state index in [-0.39, 0.29) is 23.5 Å². The molecule has 3 amide bonds. The number of ether oxygens (including phenoxy) is 1. The lowest BCUT2D eigenvalue weighted by Crippen LogP contribution is -2.50. The molecule has 4 aliphatic rings. The number of amides is 3. The fourth-order valence-corrected chi connectivity index (χ4v) is 8.44. The quantitative estimate of drug-likeness (QED) is 0.115. The number of benzene rings is 3. The molecule has 3 aromatic carbocycles. The van der Waals surface area contributed by atoms with E-state index in [9.17, 15) is 19.2 Å². The maximum absolute atomic E-state index is 13.5. The van der Waals surface area contributed by atoms with Crippen molar-refractivity contribution in [3.05, 3.63) is 83.5 Å². The van der Waals surface area contributed by atoms with Gasteiger partial charge in [-0.25, -0.2) is 4.98 Å². The summed E-state index contributed by atoms with van der Waals surface area (Å²) in [4.78, 5) is 67.1. The van der Waals surface area contributed by atoms with Crippen LogP contribution in [0.3, 0.4) is 0 Å². The van der Waals surface area contributed by atoms with Crippen molar-refractivity contribution in [1.82, 2.24) is 25.1 Å². The number of nitrogens with zero attached hydrogens (tertiary/aromatic N) is 6. The molecule has 3 atom stereocenters. The molecule has 16 heteroatoms. The Labute approximate surface area is 342 Å². The normalized spacial score (nSPS) is 20.7. The number of methoxy groups -OCH3 is 1. The summed E-state index contributed by atoms with van der Waals surface area (Å²) in [6.07, 6.45) is 2.33. The number of fused-ring (bicyclic) bond motifs is 1. The number of imide groups is 1. The molecule has 0 aliphatic carbocycles. The number of likely N-dealkylation sites (tertiary alicyclic amines) is 1. The number of carbonyl (C=O) groups excluding carboxylic acids is 4. The number of aromatic nitrogens is 2. The predicted octanol–water partition coefficient (Wildman–Crippen LogP) is 4.76. The molecule has 0 saturated carbocycles. The number of rotatable bonds is 12. The van der Waals surface area contributed by atoms with Gasteiger partial charge in [0.2, 0.25) is 23.7 Å². The van der Waals surface area contributed by atoms with Gasteiger partial charge in [-0.15, -0.1) is 0 Å². The minimum atomic E-state index is -0.410. The van der Waals surface area contributed by atoms with Crippen molar-refractivity contribution in [2.75, 3.05) is 91.8 Å². The van der Waals surface area contributed by atoms with Gasteiger partial charge >= 0.3 is 0 Å². The minimum Gasteiger partial charge on any atom is -0.494 e. The Kier molecular flexibility index (Phi) is 11.3. The number of ketones is 1. The van der Waals surface area contributed by atoms with Crippen molar-refractivity contribution in [2.45, 2.75) is 25.8 Å². The van der Waals surface area contributed by atoms with Crippen LogP contribution in [0.4, 0.5) is 40.2 Å². The van der Waals surface area contributed by atoms with Crippen molar-refractivity contribution in [1.29, 1.82) is 0 Å². The number of para-hydroxylation sites is 1. The molecule has 0 bridgehead atoms. The third kappa shape index (κ3) is 8.65. The summed E-state index contributed by atoms with van der Waals surface area (Å²) in [5.74, 6) is 1.74. The average Bonchev–Trinajstić information content (AvgIpc) is 3.82. The Bertz CT molecular complexity index is 2180. The number of carbonyl (C=O) groups is 4. The SMILES string of the molecule is COc1cc(N2C[C@H]3CN(C(=O)CN4CCN(c5ccc(NC6CCC(=O)NC6=O)cc5)CC4)C[C@H]3C2)ccc1Nc1ncc(Cl)c(Nc2ccccc2C(C)=O)n1. The summed E-state index contributed by atoms with van der Waals surface area (Å²) < 4.78 is 5.78. The maximum atomic E-state index is 13.5. The van der Waals surface area contributed by atoms with Crippen molar-refractivity contribution < 1.29 is 23.9 Å². The first-order chi connectivity index (χ1) is 28.1. The van der Waals surface area contributed by atoms with Crippen LogP contribution in [0.25, 0.3) is 0 Å². The summed E-state index contributed by atoms with van der Waals surface area (Å²) >= 11 is 6.43. The number of hydrogen-bond donors (Lipinski definition) is 4. The molecule has 4 N–H and O–H groups in total. The van der Waals surface area contributed by atoms with Gasteiger partial charge in [-0.1, -0.05) is 23.7 Å². The molecule has 58 heavy (non-hydrogen) atoms. The Morgan fingerprint density at radius 3 is 2.31 bits per heavy atom. The second kappa shape index (κ2) is 16.9. The van der Waals surface area contributed by atoms with Crippen molar-refractivity contribution >= 4 is 75.3 Å². The number of hydrogen-bond acceptors (Lipinski definition) is 13. The van der Waals surface area contributed by atoms with E-state index in [4.69, 9.17) is 16.3 Å². The molecule has 4 aliphatic heterocycles. The van der Waals surface area contributed by atoms with Gasteiger partial charge in [-0.2, -0.15) is 4.98 Å². The Hall–Kier alpha value is -5.93. The van der Waals surface area contributed by atoms with Gasteiger partial charge in [0, 0.05) is 99.3 Å². The number of anilines is 7. The van der Waals surface area contributed by atoms with E-state index in [2.05, 4.69) is 56.9 Å². The topological polar surface area (TPSA) is 164 Å². The number of piperazine rings is 1. The molecule has 5 heterocycles. The van der Waals surface area contributed by atoms with E-state index in [1.54, 1.807) is 25.3 Å². The zero-order valence-electron chi connectivity index (χ0n) is 32.5. The van der Waals surface area contributed by atoms with Crippen LogP contribution in [0.15, 0.2) is 72.9 Å². The number of Topliss-reactive ketones (excluding diaryl/α,β-unsaturated/α-hetero) is 1. The monoisotopic (exact) mass is 806 g/mol. The van der Waals surface area contributed by atoms with E-state index in [1.807, 2.05) is 42.5 Å². The Morgan fingerprint density at radius 1 is 0.879 bits per heavy atom. The zero-order valence-corrected chi connectivity index (χ0v) is 33.3. The standard InChI is InChI=1S/C42H47ClN10O5/c1-26(54)32-5-3-4-6-34(32)46-40-33(43)20-44-42(49-40)47-35-12-11-31(19-37(35)58-2)52-21-27-23-53(24-28(27)22-52)39(56)25-50-15-17-51(18-16-50)30-9-7-29(8-10-30)45-36-13-14-38(55)48-41(36)57/h3-12,19-20,27-28,36,45H,13-18,21-25H2,1-2H3,(H,48,55,57)(H2,44,46,47,49)/t27-,28+,36?. The third-order valence-electron chi connectivity index (χ3n) is 11.5. The smallest absolute Gasteiger partial charge is 0.249 e. The van der Waals surface area contributed by atoms with Gasteiger partial charge in [0.25, 0.3) is 0 Å². The van der Waals surface area contributed by atoms with Crippen LogP contribution in [-0.2, 0) is 14.4 Å². The number of piperidine rings is 1. The predicted molar refractivity (Wildman–Crippen MR) is 224 cm³/mol. The van der Waals surface area contributed by atoms with Gasteiger partial charge in [0.1, 0.15) is 16.8 Å². The average molecular weight is 807 g/mol. The van der Waals surface area contributed by atoms with Crippen LogP contribution in [0.2, 0.25) is 5.02 Å². The summed E-state index contributed by atoms with van der Waals surface area (Å²) in [7, 11) is 1.63. The van der Waals surface area contributed by atoms with Gasteiger partial charge in [-0.05, 0) is 61.9 Å². The molecule has 1 unspecified atom stereocenters. The first-order valence-electron chi connectivity index (χ1n) is 19.6. The molecule has 302 valence electrons. The summed E-state index contributed by atoms with van der Waals surface area (Å²) in [5.41, 5.74) is 4.82. The highest BCUT2D eigenvalue weighted by atomic mass is 35.5. The van der Waals surface area contributed by atoms with Crippen molar-refractivity contribution in [3.63, 3.8) is 0 Å². The highest BCUT2D eigenvalue weighted by Crippen LogP contribution is 2.38. The van der Waals surface area contributed by atoms with E-state index < -0.39 is 6.04 Å². The van der Waals surface area contributed by atoms with Crippen LogP contribution in [0, 0.1) is 11.8 Å². The van der Waals surface area contributed by atoms with Crippen LogP contribution in [-0.4, -0.2) is 115 Å². The van der Waals surface area contributed by atoms with Crippen molar-refractivity contribution in [3.8, 4) is 5.75 Å². The molecule has 0 radical (unpaired) electrons. The van der Waals surface area contributed by atoms with E-state index in [1.165, 1.54) is 13.1 Å². The Morgan fingerprint density at radius 2 is 1.60 bits per heavy atom. The first-order valence-corrected chi connectivity index (χ1v) is 20.0. The summed E-state index contributed by atoms with van der Waals surface area (Å²) in [5, 5.41) is 12.3. The molecular weight excluding hydrogens is 760 g/mol. The van der Waals surface area contributed by atoms with Crippen molar-refractivity contribution in [2.24, 2.45) is 11.8 Å². The first kappa shape index (κ1) is 38.9. The summed E-state index contributed by atoms with van der Waals surface area (Å²) in [6, 6.07) is 20.8.